The zero-order valence-corrected chi connectivity index (χ0v) is 60.0. The Morgan fingerprint density at radius 2 is 1.06 bits per heavy atom. The minimum absolute atomic E-state index is 0.0143. The number of aliphatic hydroxyl groups is 1. The number of nitrogens with one attached hydrogen (secondary N) is 4. The molecule has 0 saturated carbocycles. The summed E-state index contributed by atoms with van der Waals surface area (Å²) < 4.78 is 6.23. The van der Waals surface area contributed by atoms with Crippen LogP contribution in [0.4, 0.5) is 0 Å². The first-order valence-electron chi connectivity index (χ1n) is 33.0. The highest BCUT2D eigenvalue weighted by Gasteiger charge is 2.46. The van der Waals surface area contributed by atoms with Crippen molar-refractivity contribution in [2.75, 3.05) is 62.5 Å². The Morgan fingerprint density at radius 1 is 0.559 bits per heavy atom. The smallest absolute Gasteiger partial charge is 0.246 e. The average molecular weight is 1310 g/mol. The molecule has 1 aromatic rings. The molecule has 0 spiro atoms. The molecule has 2 rings (SSSR count). The number of allylic oxidation sites excluding steroid dienone is 2. The van der Waals surface area contributed by atoms with Gasteiger partial charge in [-0.25, -0.2) is 0 Å². The molecule has 28 nitrogen and oxygen atoms in total. The molecule has 0 bridgehead atoms. The van der Waals surface area contributed by atoms with E-state index in [4.69, 9.17) is 4.74 Å². The third kappa shape index (κ3) is 23.4. The lowest BCUT2D eigenvalue weighted by Crippen LogP contribution is -2.63. The lowest BCUT2D eigenvalue weighted by atomic mass is 9.91. The van der Waals surface area contributed by atoms with Crippen LogP contribution in [-0.2, 0) is 64.0 Å². The van der Waals surface area contributed by atoms with Gasteiger partial charge in [-0.05, 0) is 113 Å². The van der Waals surface area contributed by atoms with Crippen LogP contribution in [0.5, 0.6) is 0 Å². The highest BCUT2D eigenvalue weighted by Crippen LogP contribution is 2.26. The lowest BCUT2D eigenvalue weighted by molar-refractivity contribution is -0.157. The summed E-state index contributed by atoms with van der Waals surface area (Å²) in [5.74, 6) is -10.2. The zero-order valence-electron chi connectivity index (χ0n) is 60.0. The van der Waals surface area contributed by atoms with E-state index in [1.807, 2.05) is 41.5 Å². The second-order valence-corrected chi connectivity index (χ2v) is 27.2. The molecule has 93 heavy (non-hydrogen) atoms. The summed E-state index contributed by atoms with van der Waals surface area (Å²) in [5, 5.41) is 34.8. The van der Waals surface area contributed by atoms with Crippen molar-refractivity contribution in [3.05, 3.63) is 18.5 Å². The van der Waals surface area contributed by atoms with E-state index in [1.54, 1.807) is 67.5 Å². The Morgan fingerprint density at radius 3 is 1.57 bits per heavy atom. The van der Waals surface area contributed by atoms with Gasteiger partial charge in [0.1, 0.15) is 60.4 Å². The number of hydrogen-bond acceptors (Lipinski definition) is 16. The summed E-state index contributed by atoms with van der Waals surface area (Å²) in [6, 6.07) is -13.0. The summed E-state index contributed by atoms with van der Waals surface area (Å²) in [6.07, 6.45) is 4.06. The predicted molar refractivity (Wildman–Crippen MR) is 351 cm³/mol. The van der Waals surface area contributed by atoms with Crippen molar-refractivity contribution in [2.45, 2.75) is 235 Å². The van der Waals surface area contributed by atoms with Gasteiger partial charge in [-0.15, -0.1) is 10.2 Å². The van der Waals surface area contributed by atoms with Crippen LogP contribution < -0.4 is 21.3 Å². The fourth-order valence-corrected chi connectivity index (χ4v) is 11.5. The molecule has 0 aliphatic carbocycles. The highest BCUT2D eigenvalue weighted by molar-refractivity contribution is 5.99. The van der Waals surface area contributed by atoms with E-state index < -0.39 is 162 Å². The Bertz CT molecular complexity index is 2670. The van der Waals surface area contributed by atoms with Crippen LogP contribution in [0.3, 0.4) is 0 Å². The summed E-state index contributed by atoms with van der Waals surface area (Å²) >= 11 is 0. The van der Waals surface area contributed by atoms with E-state index in [1.165, 1.54) is 93.9 Å². The second-order valence-electron chi connectivity index (χ2n) is 27.2. The molecule has 0 radical (unpaired) electrons. The molecule has 1 aliphatic rings. The average Bonchev–Trinajstić information content (AvgIpc) is 1.07. The molecule has 13 atom stereocenters. The van der Waals surface area contributed by atoms with Gasteiger partial charge in [0.05, 0.1) is 25.3 Å². The fraction of sp³-hybridized carbons (Fsp3) is 0.785. The Balaban J connectivity index is 2.98. The van der Waals surface area contributed by atoms with Gasteiger partial charge in [-0.2, -0.15) is 4.80 Å². The van der Waals surface area contributed by atoms with E-state index in [-0.39, 0.29) is 50.0 Å². The predicted octanol–water partition coefficient (Wildman–Crippen LogP) is 2.09. The Kier molecular flexibility index (Phi) is 33.8. The van der Waals surface area contributed by atoms with E-state index in [9.17, 15) is 43.5 Å². The van der Waals surface area contributed by atoms with Crippen LogP contribution >= 0.6 is 0 Å². The van der Waals surface area contributed by atoms with Gasteiger partial charge in [0.15, 0.2) is 6.33 Å². The highest BCUT2D eigenvalue weighted by atomic mass is 16.5. The Hall–Kier alpha value is -7.10. The summed E-state index contributed by atoms with van der Waals surface area (Å²) in [6.45, 7) is 27.5. The van der Waals surface area contributed by atoms with Crippen molar-refractivity contribution in [1.29, 1.82) is 0 Å². The maximum Gasteiger partial charge on any atom is 0.246 e. The van der Waals surface area contributed by atoms with Gasteiger partial charge in [-0.1, -0.05) is 95.2 Å². The summed E-state index contributed by atoms with van der Waals surface area (Å²) in [7, 11) is 9.78. The number of hydrogen-bond donors (Lipinski definition) is 5. The van der Waals surface area contributed by atoms with E-state index in [0.717, 1.165) is 14.7 Å². The van der Waals surface area contributed by atoms with Crippen molar-refractivity contribution >= 4 is 65.0 Å². The van der Waals surface area contributed by atoms with Crippen LogP contribution in [0.1, 0.15) is 156 Å². The third-order valence-corrected chi connectivity index (χ3v) is 17.3. The molecule has 1 aromatic heterocycles. The molecule has 2 heterocycles. The normalized spacial score (nSPS) is 25.9. The van der Waals surface area contributed by atoms with Gasteiger partial charge in [0, 0.05) is 55.9 Å². The van der Waals surface area contributed by atoms with Gasteiger partial charge in [-0.3, -0.25) is 52.7 Å². The number of aromatic nitrogens is 4. The van der Waals surface area contributed by atoms with Crippen LogP contribution in [0.15, 0.2) is 18.5 Å². The number of likely N-dealkylation sites (N-methyl/N-ethyl adjacent to an activating group) is 7. The van der Waals surface area contributed by atoms with Crippen LogP contribution in [-0.4, -0.2) is 260 Å². The Labute approximate surface area is 552 Å². The molecule has 1 fully saturated rings. The van der Waals surface area contributed by atoms with Crippen LogP contribution in [0.25, 0.3) is 0 Å². The molecule has 0 unspecified atom stereocenters. The zero-order chi connectivity index (χ0) is 71.2. The fourth-order valence-electron chi connectivity index (χ4n) is 11.5. The standard InChI is InChI=1S/C65H115N15O13/c1-24-26-29-42(13)55(82)54-59(86)70-46(25-2)61(88)73(17)35-50(81)77(21)53(45(16)93-31-28-27-30-80-67-36-66-72-80)58(85)71-51(40(9)10)64(91)74(18)47(32-37(3)4)57(84)68-43(14)56(83)69-44(15)60(87)75(19)48(33-38(5)6)62(89)76(20)49(34-39(7)8)63(90)78(22)52(41(11)12)65(92)79(54)23/h24,26,36-49,51-55,82H,25,27-35H2,1-23H3,(H,68,84)(H,69,83)(H,70,86)(H,71,85)/b26-24+/t42-,43+,44-,45-,46+,47+,48+,49-,51+,52+,53+,54+,55-/m1/s1. The minimum Gasteiger partial charge on any atom is -0.390 e. The number of carbonyl (C=O) groups is 11. The largest absolute Gasteiger partial charge is 0.390 e. The topological polar surface area (TPSA) is 332 Å². The minimum atomic E-state index is -1.64. The number of ether oxygens (including phenoxy) is 1. The van der Waals surface area contributed by atoms with Crippen molar-refractivity contribution in [1.82, 2.24) is 75.8 Å². The van der Waals surface area contributed by atoms with Gasteiger partial charge in [0.2, 0.25) is 65.0 Å². The molecule has 11 amide bonds. The summed E-state index contributed by atoms with van der Waals surface area (Å²) in [4.78, 5) is 172. The molecular weight excluding hydrogens is 1200 g/mol. The quantitative estimate of drug-likeness (QED) is 0.0922. The number of carbonyl (C=O) groups excluding carboxylic acids is 11. The molecular formula is C65H115N15O13. The van der Waals surface area contributed by atoms with Crippen molar-refractivity contribution in [2.24, 2.45) is 35.5 Å². The number of aliphatic hydroxyl groups excluding tert-OH is 1. The van der Waals surface area contributed by atoms with E-state index in [0.29, 0.717) is 25.8 Å². The first-order valence-corrected chi connectivity index (χ1v) is 33.0. The van der Waals surface area contributed by atoms with E-state index >= 15 is 14.4 Å². The number of unbranched alkanes of at least 4 members (excludes halogenated alkanes) is 1. The number of amides is 11. The molecule has 5 N–H and O–H groups in total. The molecule has 528 valence electrons. The third-order valence-electron chi connectivity index (χ3n) is 17.3. The monoisotopic (exact) mass is 1310 g/mol. The SMILES string of the molecule is C/C=C/C[C@@H](C)[C@@H](O)[C@H]1C(=O)N[C@@H](CC)C(=O)N(C)CC(=O)N(C)[C@@H]([C@@H](C)OCCCCn2ncnn2)C(=O)N[C@@H](C(C)C)C(=O)N(C)[C@@H](CC(C)C)C(=O)N[C@@H](C)C(=O)N[C@H](C)C(=O)N(C)[C@@H](CC(C)C)C(=O)N(C)[C@H](CC(C)C)C(=O)N(C)[C@@H](C(C)C)C(=O)N1C. The first kappa shape index (κ1) is 82.0. The maximum atomic E-state index is 15.2. The maximum absolute atomic E-state index is 15.2. The van der Waals surface area contributed by atoms with Crippen molar-refractivity contribution < 1.29 is 62.6 Å². The number of nitrogens with zero attached hydrogens (tertiary/aromatic N) is 11. The molecule has 1 aliphatic heterocycles. The summed E-state index contributed by atoms with van der Waals surface area (Å²) in [5.41, 5.74) is 0. The number of tetrazole rings is 1. The second kappa shape index (κ2) is 38.3. The lowest BCUT2D eigenvalue weighted by Gasteiger charge is -2.41. The van der Waals surface area contributed by atoms with Crippen molar-refractivity contribution in [3.8, 4) is 0 Å². The van der Waals surface area contributed by atoms with Crippen LogP contribution in [0.2, 0.25) is 0 Å². The van der Waals surface area contributed by atoms with Gasteiger partial charge >= 0.3 is 0 Å². The van der Waals surface area contributed by atoms with Gasteiger partial charge < -0.3 is 65.4 Å². The van der Waals surface area contributed by atoms with E-state index in [2.05, 4.69) is 36.7 Å². The van der Waals surface area contributed by atoms with Crippen molar-refractivity contribution in [3.63, 3.8) is 0 Å². The molecule has 28 heteroatoms. The number of aryl methyl sites for hydroxylation is 1. The molecule has 0 aromatic carbocycles. The van der Waals surface area contributed by atoms with Gasteiger partial charge in [0.25, 0.3) is 0 Å². The molecule has 1 saturated heterocycles. The number of rotatable bonds is 20. The first-order chi connectivity index (χ1) is 43.3. The van der Waals surface area contributed by atoms with Crippen LogP contribution in [0, 0.1) is 35.5 Å².